The Bertz CT molecular complexity index is 1180. The number of fused-ring (bicyclic) bond motifs is 1. The van der Waals surface area contributed by atoms with Crippen molar-refractivity contribution in [1.82, 2.24) is 0 Å². The molecule has 0 aromatic carbocycles. The van der Waals surface area contributed by atoms with E-state index in [0.717, 1.165) is 0 Å². The van der Waals surface area contributed by atoms with Crippen molar-refractivity contribution in [1.29, 1.82) is 0 Å². The van der Waals surface area contributed by atoms with Gasteiger partial charge in [0.25, 0.3) is 0 Å². The summed E-state index contributed by atoms with van der Waals surface area (Å²) in [6, 6.07) is 0. The van der Waals surface area contributed by atoms with Crippen LogP contribution in [0.1, 0.15) is 81.1 Å². The van der Waals surface area contributed by atoms with Crippen LogP contribution in [0.25, 0.3) is 0 Å². The molecule has 1 spiro atoms. The zero-order valence-electron chi connectivity index (χ0n) is 25.5. The lowest BCUT2D eigenvalue weighted by atomic mass is 9.53. The van der Waals surface area contributed by atoms with Crippen LogP contribution in [0.4, 0.5) is 0 Å². The molecule has 1 saturated carbocycles. The largest absolute Gasteiger partial charge is 0.462 e. The van der Waals surface area contributed by atoms with Gasteiger partial charge in [0.05, 0.1) is 11.5 Å². The molecule has 1 N–H and O–H groups in total. The average Bonchev–Trinajstić information content (AvgIpc) is 3.45. The van der Waals surface area contributed by atoms with E-state index in [1.54, 1.807) is 33.8 Å². The van der Waals surface area contributed by atoms with Gasteiger partial charge in [0.1, 0.15) is 24.4 Å². The van der Waals surface area contributed by atoms with Crippen molar-refractivity contribution >= 4 is 29.8 Å². The van der Waals surface area contributed by atoms with Gasteiger partial charge >= 0.3 is 29.8 Å². The molecular weight excluding hydrogens is 552 g/mol. The second kappa shape index (κ2) is 11.3. The number of epoxide rings is 1. The van der Waals surface area contributed by atoms with Crippen LogP contribution >= 0.6 is 0 Å². The molecule has 0 amide bonds. The van der Waals surface area contributed by atoms with Crippen molar-refractivity contribution in [3.8, 4) is 0 Å². The van der Waals surface area contributed by atoms with Gasteiger partial charge in [-0.2, -0.15) is 0 Å². The highest BCUT2D eigenvalue weighted by atomic mass is 16.7. The maximum atomic E-state index is 13.1. The van der Waals surface area contributed by atoms with Crippen LogP contribution in [-0.2, 0) is 52.4 Å². The van der Waals surface area contributed by atoms with Crippen LogP contribution < -0.4 is 0 Å². The maximum absolute atomic E-state index is 13.1. The molecule has 0 radical (unpaired) electrons. The Kier molecular flexibility index (Phi) is 8.56. The predicted octanol–water partition coefficient (Wildman–Crippen LogP) is 2.32. The number of rotatable bonds is 6. The Morgan fingerprint density at radius 2 is 1.60 bits per heavy atom. The van der Waals surface area contributed by atoms with Crippen molar-refractivity contribution < 1.29 is 57.5 Å². The lowest BCUT2D eigenvalue weighted by Crippen LogP contribution is -2.68. The van der Waals surface area contributed by atoms with Gasteiger partial charge in [-0.15, -0.1) is 0 Å². The molecule has 0 aromatic rings. The molecule has 0 bridgehead atoms. The van der Waals surface area contributed by atoms with Gasteiger partial charge in [-0.1, -0.05) is 26.3 Å². The Morgan fingerprint density at radius 3 is 2.14 bits per heavy atom. The zero-order valence-corrected chi connectivity index (χ0v) is 25.5. The minimum absolute atomic E-state index is 0.0350. The summed E-state index contributed by atoms with van der Waals surface area (Å²) < 4.78 is 35.8. The third-order valence-corrected chi connectivity index (χ3v) is 9.45. The third kappa shape index (κ3) is 5.10. The Hall–Kier alpha value is -2.99. The minimum atomic E-state index is -1.48. The lowest BCUT2D eigenvalue weighted by Gasteiger charge is -2.57. The maximum Gasteiger partial charge on any atom is 0.342 e. The molecule has 3 fully saturated rings. The van der Waals surface area contributed by atoms with Crippen LogP contribution in [0.5, 0.6) is 0 Å². The van der Waals surface area contributed by atoms with Crippen molar-refractivity contribution in [3.05, 3.63) is 11.6 Å². The van der Waals surface area contributed by atoms with Crippen molar-refractivity contribution in [3.63, 3.8) is 0 Å². The predicted molar refractivity (Wildman–Crippen MR) is 143 cm³/mol. The number of esters is 5. The molecule has 12 heteroatoms. The first-order valence-corrected chi connectivity index (χ1v) is 14.5. The monoisotopic (exact) mass is 594 g/mol. The molecule has 4 aliphatic rings. The SMILES string of the molecule is CCCC(=O)OC1CC(C)=CC2OC(=O)C3(C)OC23C(OC(C)=O)C2C(C)C(O)CC(OC(C)=O)C2(C)C1OC(C)=O. The fraction of sp³-hybridized carbons (Fsp3) is 0.767. The molecule has 11 atom stereocenters. The molecule has 2 aliphatic carbocycles. The molecule has 4 rings (SSSR count). The number of aliphatic hydroxyl groups is 1. The van der Waals surface area contributed by atoms with E-state index < -0.39 is 94.9 Å². The highest BCUT2D eigenvalue weighted by Gasteiger charge is 2.87. The highest BCUT2D eigenvalue weighted by molar-refractivity contribution is 5.89. The molecule has 2 saturated heterocycles. The molecule has 234 valence electrons. The number of aliphatic hydroxyl groups excluding tert-OH is 1. The fourth-order valence-corrected chi connectivity index (χ4v) is 7.54. The van der Waals surface area contributed by atoms with Crippen LogP contribution in [0.15, 0.2) is 11.6 Å². The fourth-order valence-electron chi connectivity index (χ4n) is 7.54. The van der Waals surface area contributed by atoms with Gasteiger partial charge in [-0.25, -0.2) is 4.79 Å². The Labute approximate surface area is 245 Å². The summed E-state index contributed by atoms with van der Waals surface area (Å²) in [5.41, 5.74) is -3.75. The van der Waals surface area contributed by atoms with Crippen LogP contribution in [0.3, 0.4) is 0 Å². The molecule has 11 unspecified atom stereocenters. The van der Waals surface area contributed by atoms with E-state index in [1.165, 1.54) is 20.8 Å². The van der Waals surface area contributed by atoms with Crippen molar-refractivity contribution in [2.75, 3.05) is 0 Å². The zero-order chi connectivity index (χ0) is 31.4. The normalized spacial score (nSPS) is 42.4. The van der Waals surface area contributed by atoms with Gasteiger partial charge in [-0.3, -0.25) is 19.2 Å². The van der Waals surface area contributed by atoms with E-state index >= 15 is 0 Å². The summed E-state index contributed by atoms with van der Waals surface area (Å²) in [6.07, 6.45) is -4.30. The summed E-state index contributed by atoms with van der Waals surface area (Å²) >= 11 is 0. The lowest BCUT2D eigenvalue weighted by molar-refractivity contribution is -0.245. The van der Waals surface area contributed by atoms with Crippen LogP contribution in [-0.4, -0.2) is 82.8 Å². The number of carbonyl (C=O) groups excluding carboxylic acids is 5. The molecule has 0 aromatic heterocycles. The van der Waals surface area contributed by atoms with Crippen molar-refractivity contribution in [2.24, 2.45) is 17.3 Å². The molecular formula is C30H42O12. The molecule has 12 nitrogen and oxygen atoms in total. The van der Waals surface area contributed by atoms with Gasteiger partial charge in [0.15, 0.2) is 17.3 Å². The van der Waals surface area contributed by atoms with E-state index in [2.05, 4.69) is 0 Å². The smallest absolute Gasteiger partial charge is 0.342 e. The Morgan fingerprint density at radius 1 is 1.00 bits per heavy atom. The van der Waals surface area contributed by atoms with E-state index in [1.807, 2.05) is 6.92 Å². The van der Waals surface area contributed by atoms with Gasteiger partial charge in [0, 0.05) is 46.0 Å². The van der Waals surface area contributed by atoms with E-state index in [4.69, 9.17) is 28.4 Å². The highest BCUT2D eigenvalue weighted by Crippen LogP contribution is 2.65. The van der Waals surface area contributed by atoms with Crippen molar-refractivity contribution in [2.45, 2.75) is 129 Å². The van der Waals surface area contributed by atoms with Gasteiger partial charge in [0.2, 0.25) is 0 Å². The summed E-state index contributed by atoms with van der Waals surface area (Å²) in [6.45, 7) is 12.2. The number of hydrogen-bond donors (Lipinski definition) is 1. The van der Waals surface area contributed by atoms with E-state index in [9.17, 15) is 29.1 Å². The summed E-state index contributed by atoms with van der Waals surface area (Å²) in [5.74, 6) is -4.78. The number of carbonyl (C=O) groups is 5. The Balaban J connectivity index is 2.04. The van der Waals surface area contributed by atoms with E-state index in [0.29, 0.717) is 12.0 Å². The first-order chi connectivity index (χ1) is 19.5. The number of ether oxygens (including phenoxy) is 6. The summed E-state index contributed by atoms with van der Waals surface area (Å²) in [4.78, 5) is 63.9. The summed E-state index contributed by atoms with van der Waals surface area (Å²) in [7, 11) is 0. The number of hydrogen-bond acceptors (Lipinski definition) is 12. The molecule has 42 heavy (non-hydrogen) atoms. The topological polar surface area (TPSA) is 164 Å². The third-order valence-electron chi connectivity index (χ3n) is 9.45. The second-order valence-corrected chi connectivity index (χ2v) is 12.5. The quantitative estimate of drug-likeness (QED) is 0.207. The minimum Gasteiger partial charge on any atom is -0.462 e. The molecule has 2 aliphatic heterocycles. The van der Waals surface area contributed by atoms with Crippen LogP contribution in [0, 0.1) is 17.3 Å². The standard InChI is InChI=1S/C30H42O12/c1-9-10-23(35)40-20-11-14(2)12-22-30(29(8,42-30)27(36)41-22)26(39-18(6)33)24-15(3)19(34)13-21(37-16(4)31)28(24,7)25(20)38-17(5)32/h12,15,19-22,24-26,34H,9-11,13H2,1-8H3. The van der Waals surface area contributed by atoms with Gasteiger partial charge in [-0.05, 0) is 32.3 Å². The second-order valence-electron chi connectivity index (χ2n) is 12.5. The van der Waals surface area contributed by atoms with Gasteiger partial charge < -0.3 is 33.5 Å². The van der Waals surface area contributed by atoms with E-state index in [-0.39, 0.29) is 19.3 Å². The summed E-state index contributed by atoms with van der Waals surface area (Å²) in [5, 5.41) is 11.3. The average molecular weight is 595 g/mol. The first kappa shape index (κ1) is 31.9. The first-order valence-electron chi connectivity index (χ1n) is 14.5. The molecule has 2 heterocycles. The van der Waals surface area contributed by atoms with Crippen LogP contribution in [0.2, 0.25) is 0 Å².